The summed E-state index contributed by atoms with van der Waals surface area (Å²) < 4.78 is 0. The quantitative estimate of drug-likeness (QED) is 0.716. The van der Waals surface area contributed by atoms with E-state index >= 15 is 0 Å². The van der Waals surface area contributed by atoms with Crippen LogP contribution in [0.15, 0.2) is 16.9 Å². The van der Waals surface area contributed by atoms with Crippen molar-refractivity contribution in [3.05, 3.63) is 33.1 Å². The molecule has 0 bridgehead atoms. The zero-order valence-corrected chi connectivity index (χ0v) is 14.5. The number of rotatable bonds is 8. The second kappa shape index (κ2) is 8.13. The fourth-order valence-electron chi connectivity index (χ4n) is 2.44. The summed E-state index contributed by atoms with van der Waals surface area (Å²) in [4.78, 5) is 20.6. The van der Waals surface area contributed by atoms with Crippen LogP contribution in [0.5, 0.6) is 0 Å². The molecule has 2 aromatic rings. The normalized spacial score (nSPS) is 10.9. The van der Waals surface area contributed by atoms with Gasteiger partial charge in [-0.2, -0.15) is 0 Å². The standard InChI is InChI=1S/C17H25N3OS/c1-4-7-11-18-17-20-16(14(6-3)22-17)12-9-10-15(21)19-13(12)8-5-2/h9-10H,4-8,11H2,1-3H3,(H,18,20)(H,19,21). The van der Waals surface area contributed by atoms with Crippen molar-refractivity contribution < 1.29 is 0 Å². The van der Waals surface area contributed by atoms with E-state index in [4.69, 9.17) is 4.98 Å². The Kier molecular flexibility index (Phi) is 6.19. The van der Waals surface area contributed by atoms with Gasteiger partial charge < -0.3 is 10.3 Å². The number of unbranched alkanes of at least 4 members (excludes halogenated alkanes) is 1. The van der Waals surface area contributed by atoms with Gasteiger partial charge in [0.2, 0.25) is 5.56 Å². The molecule has 0 aromatic carbocycles. The lowest BCUT2D eigenvalue weighted by atomic mass is 10.1. The van der Waals surface area contributed by atoms with Gasteiger partial charge in [-0.15, -0.1) is 11.3 Å². The van der Waals surface area contributed by atoms with Gasteiger partial charge in [0, 0.05) is 28.7 Å². The molecular formula is C17H25N3OS. The topological polar surface area (TPSA) is 57.8 Å². The number of aromatic nitrogens is 2. The second-order valence-corrected chi connectivity index (χ2v) is 6.47. The molecule has 0 amide bonds. The molecule has 0 saturated heterocycles. The minimum absolute atomic E-state index is 0.0400. The maximum atomic E-state index is 11.6. The number of nitrogens with one attached hydrogen (secondary N) is 2. The Hall–Kier alpha value is -1.62. The molecule has 2 N–H and O–H groups in total. The zero-order chi connectivity index (χ0) is 15.9. The van der Waals surface area contributed by atoms with Gasteiger partial charge in [-0.1, -0.05) is 33.6 Å². The summed E-state index contributed by atoms with van der Waals surface area (Å²) in [5, 5.41) is 4.39. The van der Waals surface area contributed by atoms with Crippen molar-refractivity contribution in [3.63, 3.8) is 0 Å². The van der Waals surface area contributed by atoms with Crippen molar-refractivity contribution in [1.82, 2.24) is 9.97 Å². The molecule has 2 rings (SSSR count). The number of aryl methyl sites for hydroxylation is 2. The Labute approximate surface area is 136 Å². The Morgan fingerprint density at radius 2 is 2.05 bits per heavy atom. The van der Waals surface area contributed by atoms with Crippen molar-refractivity contribution in [3.8, 4) is 11.3 Å². The van der Waals surface area contributed by atoms with Gasteiger partial charge >= 0.3 is 0 Å². The summed E-state index contributed by atoms with van der Waals surface area (Å²) in [7, 11) is 0. The summed E-state index contributed by atoms with van der Waals surface area (Å²) in [6, 6.07) is 3.51. The first-order valence-corrected chi connectivity index (χ1v) is 8.97. The minimum Gasteiger partial charge on any atom is -0.361 e. The van der Waals surface area contributed by atoms with E-state index in [0.717, 1.165) is 54.3 Å². The highest BCUT2D eigenvalue weighted by Crippen LogP contribution is 2.33. The van der Waals surface area contributed by atoms with E-state index in [1.807, 2.05) is 6.07 Å². The van der Waals surface area contributed by atoms with Crippen molar-refractivity contribution in [2.45, 2.75) is 52.9 Å². The number of H-pyrrole nitrogens is 1. The molecule has 0 aliphatic carbocycles. The lowest BCUT2D eigenvalue weighted by molar-refractivity contribution is 0.833. The zero-order valence-electron chi connectivity index (χ0n) is 13.7. The average Bonchev–Trinajstić information content (AvgIpc) is 2.91. The predicted octanol–water partition coefficient (Wildman–Crippen LogP) is 4.23. The number of pyridine rings is 1. The molecule has 0 unspecified atom stereocenters. The first-order chi connectivity index (χ1) is 10.7. The third-order valence-electron chi connectivity index (χ3n) is 3.58. The van der Waals surface area contributed by atoms with Crippen LogP contribution in [0.3, 0.4) is 0 Å². The summed E-state index contributed by atoms with van der Waals surface area (Å²) in [5.74, 6) is 0. The fraction of sp³-hybridized carbons (Fsp3) is 0.529. The molecule has 0 radical (unpaired) electrons. The van der Waals surface area contributed by atoms with Crippen LogP contribution < -0.4 is 10.9 Å². The Balaban J connectivity index is 2.36. The van der Waals surface area contributed by atoms with Crippen LogP contribution in [0.1, 0.15) is 50.6 Å². The molecule has 2 aromatic heterocycles. The highest BCUT2D eigenvalue weighted by Gasteiger charge is 2.15. The number of aromatic amines is 1. The third-order valence-corrected chi connectivity index (χ3v) is 4.74. The first-order valence-electron chi connectivity index (χ1n) is 8.15. The molecule has 4 nitrogen and oxygen atoms in total. The average molecular weight is 319 g/mol. The largest absolute Gasteiger partial charge is 0.361 e. The number of thiazole rings is 1. The van der Waals surface area contributed by atoms with Crippen molar-refractivity contribution >= 4 is 16.5 Å². The minimum atomic E-state index is -0.0400. The van der Waals surface area contributed by atoms with Gasteiger partial charge in [0.1, 0.15) is 0 Å². The summed E-state index contributed by atoms with van der Waals surface area (Å²) in [6.07, 6.45) is 5.14. The summed E-state index contributed by atoms with van der Waals surface area (Å²) in [5.41, 5.74) is 3.04. The van der Waals surface area contributed by atoms with Gasteiger partial charge in [0.05, 0.1) is 5.69 Å². The van der Waals surface area contributed by atoms with Crippen molar-refractivity contribution in [1.29, 1.82) is 0 Å². The number of anilines is 1. The van der Waals surface area contributed by atoms with E-state index in [1.165, 1.54) is 11.3 Å². The molecule has 0 saturated carbocycles. The van der Waals surface area contributed by atoms with Crippen LogP contribution in [0.4, 0.5) is 5.13 Å². The molecule has 0 atom stereocenters. The van der Waals surface area contributed by atoms with Gasteiger partial charge in [-0.3, -0.25) is 4.79 Å². The van der Waals surface area contributed by atoms with E-state index in [1.54, 1.807) is 17.4 Å². The lowest BCUT2D eigenvalue weighted by Gasteiger charge is -2.07. The molecule has 0 aliphatic heterocycles. The van der Waals surface area contributed by atoms with E-state index in [-0.39, 0.29) is 5.56 Å². The van der Waals surface area contributed by atoms with Crippen LogP contribution >= 0.6 is 11.3 Å². The van der Waals surface area contributed by atoms with Gasteiger partial charge in [-0.25, -0.2) is 4.98 Å². The number of hydrogen-bond donors (Lipinski definition) is 2. The summed E-state index contributed by atoms with van der Waals surface area (Å²) >= 11 is 1.72. The first kappa shape index (κ1) is 16.7. The smallest absolute Gasteiger partial charge is 0.248 e. The Bertz CT molecular complexity index is 660. The second-order valence-electron chi connectivity index (χ2n) is 5.39. The van der Waals surface area contributed by atoms with Crippen LogP contribution in [0, 0.1) is 0 Å². The molecule has 2 heterocycles. The highest BCUT2D eigenvalue weighted by atomic mass is 32.1. The van der Waals surface area contributed by atoms with Crippen LogP contribution in [-0.4, -0.2) is 16.5 Å². The molecule has 22 heavy (non-hydrogen) atoms. The van der Waals surface area contributed by atoms with Crippen molar-refractivity contribution in [2.24, 2.45) is 0 Å². The monoisotopic (exact) mass is 319 g/mol. The van der Waals surface area contributed by atoms with Crippen LogP contribution in [-0.2, 0) is 12.8 Å². The molecule has 0 aliphatic rings. The maximum absolute atomic E-state index is 11.6. The molecule has 0 fully saturated rings. The van der Waals surface area contributed by atoms with E-state index in [2.05, 4.69) is 31.1 Å². The van der Waals surface area contributed by atoms with Gasteiger partial charge in [-0.05, 0) is 25.3 Å². The van der Waals surface area contributed by atoms with Crippen molar-refractivity contribution in [2.75, 3.05) is 11.9 Å². The summed E-state index contributed by atoms with van der Waals surface area (Å²) in [6.45, 7) is 7.41. The van der Waals surface area contributed by atoms with E-state index < -0.39 is 0 Å². The predicted molar refractivity (Wildman–Crippen MR) is 94.9 cm³/mol. The number of nitrogens with zero attached hydrogens (tertiary/aromatic N) is 1. The van der Waals surface area contributed by atoms with E-state index in [0.29, 0.717) is 0 Å². The molecule has 5 heteroatoms. The van der Waals surface area contributed by atoms with E-state index in [9.17, 15) is 4.79 Å². The Morgan fingerprint density at radius 3 is 2.73 bits per heavy atom. The van der Waals surface area contributed by atoms with Gasteiger partial charge in [0.25, 0.3) is 0 Å². The SMILES string of the molecule is CCCCNc1nc(-c2ccc(=O)[nH]c2CCC)c(CC)s1. The highest BCUT2D eigenvalue weighted by molar-refractivity contribution is 7.16. The Morgan fingerprint density at radius 1 is 1.23 bits per heavy atom. The molecular weight excluding hydrogens is 294 g/mol. The van der Waals surface area contributed by atoms with Gasteiger partial charge in [0.15, 0.2) is 5.13 Å². The maximum Gasteiger partial charge on any atom is 0.248 e. The third kappa shape index (κ3) is 3.97. The fourth-order valence-corrected chi connectivity index (χ4v) is 3.38. The molecule has 120 valence electrons. The van der Waals surface area contributed by atoms with Crippen LogP contribution in [0.25, 0.3) is 11.3 Å². The number of hydrogen-bond acceptors (Lipinski definition) is 4. The van der Waals surface area contributed by atoms with Crippen LogP contribution in [0.2, 0.25) is 0 Å². The molecule has 0 spiro atoms. The lowest BCUT2D eigenvalue weighted by Crippen LogP contribution is -2.09.